The maximum Gasteiger partial charge on any atom is 0.244 e. The molecule has 0 unspecified atom stereocenters. The minimum atomic E-state index is -3.74. The SMILES string of the molecule is COc1ccc(C(C)(C)C)cc1S(=O)(=O)NCc1cccc(-c2nccs2)c1. The summed E-state index contributed by atoms with van der Waals surface area (Å²) in [6, 6.07) is 13.0. The molecule has 0 aliphatic carbocycles. The lowest BCUT2D eigenvalue weighted by molar-refractivity contribution is 0.401. The van der Waals surface area contributed by atoms with Crippen LogP contribution < -0.4 is 9.46 Å². The minimum absolute atomic E-state index is 0.151. The maximum atomic E-state index is 13.0. The third-order valence-electron chi connectivity index (χ3n) is 4.39. The van der Waals surface area contributed by atoms with Gasteiger partial charge in [-0.2, -0.15) is 0 Å². The third kappa shape index (κ3) is 4.60. The van der Waals surface area contributed by atoms with E-state index in [1.807, 2.05) is 56.5 Å². The zero-order chi connectivity index (χ0) is 20.4. The Morgan fingerprint density at radius 2 is 1.93 bits per heavy atom. The molecule has 148 valence electrons. The van der Waals surface area contributed by atoms with Gasteiger partial charge in [0.1, 0.15) is 15.7 Å². The average molecular weight is 417 g/mol. The maximum absolute atomic E-state index is 13.0. The van der Waals surface area contributed by atoms with Gasteiger partial charge in [0.15, 0.2) is 0 Å². The van der Waals surface area contributed by atoms with E-state index in [9.17, 15) is 8.42 Å². The Hall–Kier alpha value is -2.22. The van der Waals surface area contributed by atoms with E-state index in [-0.39, 0.29) is 16.9 Å². The van der Waals surface area contributed by atoms with Gasteiger partial charge in [0.2, 0.25) is 10.0 Å². The van der Waals surface area contributed by atoms with Gasteiger partial charge in [-0.05, 0) is 34.7 Å². The molecule has 0 bridgehead atoms. The second-order valence-corrected chi connectivity index (χ2v) is 10.1. The topological polar surface area (TPSA) is 68.3 Å². The first-order valence-electron chi connectivity index (χ1n) is 8.88. The lowest BCUT2D eigenvalue weighted by Crippen LogP contribution is -2.24. The number of sulfonamides is 1. The molecular formula is C21H24N2O3S2. The first-order valence-corrected chi connectivity index (χ1v) is 11.2. The fourth-order valence-corrected chi connectivity index (χ4v) is 4.64. The summed E-state index contributed by atoms with van der Waals surface area (Å²) in [5, 5.41) is 2.82. The van der Waals surface area contributed by atoms with Gasteiger partial charge in [0.05, 0.1) is 7.11 Å². The largest absolute Gasteiger partial charge is 0.495 e. The fourth-order valence-electron chi connectivity index (χ4n) is 2.79. The van der Waals surface area contributed by atoms with Crippen LogP contribution in [-0.4, -0.2) is 20.5 Å². The monoisotopic (exact) mass is 416 g/mol. The number of benzene rings is 2. The van der Waals surface area contributed by atoms with Crippen LogP contribution in [0.4, 0.5) is 0 Å². The normalized spacial score (nSPS) is 12.1. The van der Waals surface area contributed by atoms with Crippen LogP contribution in [-0.2, 0) is 22.0 Å². The molecule has 2 aromatic carbocycles. The molecule has 0 saturated carbocycles. The summed E-state index contributed by atoms with van der Waals surface area (Å²) in [7, 11) is -2.26. The van der Waals surface area contributed by atoms with Crippen LogP contribution in [0.25, 0.3) is 10.6 Å². The summed E-state index contributed by atoms with van der Waals surface area (Å²) in [6.07, 6.45) is 1.75. The fraction of sp³-hybridized carbons (Fsp3) is 0.286. The van der Waals surface area contributed by atoms with E-state index in [2.05, 4.69) is 9.71 Å². The number of methoxy groups -OCH3 is 1. The van der Waals surface area contributed by atoms with E-state index in [4.69, 9.17) is 4.74 Å². The standard InChI is InChI=1S/C21H24N2O3S2/c1-21(2,3)17-8-9-18(26-4)19(13-17)28(24,25)23-14-15-6-5-7-16(12-15)20-22-10-11-27-20/h5-13,23H,14H2,1-4H3. The summed E-state index contributed by atoms with van der Waals surface area (Å²) in [6.45, 7) is 6.32. The first kappa shape index (κ1) is 20.5. The summed E-state index contributed by atoms with van der Waals surface area (Å²) < 4.78 is 33.9. The molecule has 7 heteroatoms. The van der Waals surface area contributed by atoms with Gasteiger partial charge in [-0.25, -0.2) is 18.1 Å². The van der Waals surface area contributed by atoms with Crippen molar-refractivity contribution in [3.63, 3.8) is 0 Å². The lowest BCUT2D eigenvalue weighted by atomic mass is 9.87. The van der Waals surface area contributed by atoms with Gasteiger partial charge in [-0.1, -0.05) is 45.0 Å². The van der Waals surface area contributed by atoms with Crippen LogP contribution >= 0.6 is 11.3 Å². The minimum Gasteiger partial charge on any atom is -0.495 e. The van der Waals surface area contributed by atoms with Gasteiger partial charge in [0.25, 0.3) is 0 Å². The van der Waals surface area contributed by atoms with Crippen LogP contribution in [0.1, 0.15) is 31.9 Å². The van der Waals surface area contributed by atoms with Crippen molar-refractivity contribution < 1.29 is 13.2 Å². The molecule has 0 aliphatic heterocycles. The van der Waals surface area contributed by atoms with E-state index in [1.54, 1.807) is 29.7 Å². The molecule has 5 nitrogen and oxygen atoms in total. The first-order chi connectivity index (χ1) is 13.2. The number of nitrogens with zero attached hydrogens (tertiary/aromatic N) is 1. The van der Waals surface area contributed by atoms with Gasteiger partial charge >= 0.3 is 0 Å². The Kier molecular flexibility index (Phi) is 5.88. The molecule has 0 fully saturated rings. The van der Waals surface area contributed by atoms with Crippen LogP contribution in [0.3, 0.4) is 0 Å². The second-order valence-electron chi connectivity index (χ2n) is 7.48. The highest BCUT2D eigenvalue weighted by Gasteiger charge is 2.23. The van der Waals surface area contributed by atoms with Crippen LogP contribution in [0.2, 0.25) is 0 Å². The number of ether oxygens (including phenoxy) is 1. The number of nitrogens with one attached hydrogen (secondary N) is 1. The molecule has 3 aromatic rings. The zero-order valence-corrected chi connectivity index (χ0v) is 18.0. The highest BCUT2D eigenvalue weighted by Crippen LogP contribution is 2.31. The third-order valence-corrected chi connectivity index (χ3v) is 6.64. The molecule has 1 N–H and O–H groups in total. The highest BCUT2D eigenvalue weighted by atomic mass is 32.2. The predicted octanol–water partition coefficient (Wildman–Crippen LogP) is 4.59. The number of aromatic nitrogens is 1. The van der Waals surface area contributed by atoms with E-state index < -0.39 is 10.0 Å². The van der Waals surface area contributed by atoms with Crippen molar-refractivity contribution in [1.82, 2.24) is 9.71 Å². The number of rotatable bonds is 6. The summed E-state index contributed by atoms with van der Waals surface area (Å²) in [4.78, 5) is 4.45. The number of hydrogen-bond donors (Lipinski definition) is 1. The van der Waals surface area contributed by atoms with Crippen LogP contribution in [0.5, 0.6) is 5.75 Å². The zero-order valence-electron chi connectivity index (χ0n) is 16.4. The molecule has 0 amide bonds. The van der Waals surface area contributed by atoms with Crippen molar-refractivity contribution in [2.24, 2.45) is 0 Å². The molecule has 0 saturated heterocycles. The van der Waals surface area contributed by atoms with Gasteiger partial charge < -0.3 is 4.74 Å². The smallest absolute Gasteiger partial charge is 0.244 e. The average Bonchev–Trinajstić information content (AvgIpc) is 3.20. The van der Waals surface area contributed by atoms with Gasteiger partial charge in [-0.15, -0.1) is 11.3 Å². The Bertz CT molecular complexity index is 1050. The van der Waals surface area contributed by atoms with Crippen molar-refractivity contribution in [3.8, 4) is 16.3 Å². The van der Waals surface area contributed by atoms with Crippen molar-refractivity contribution in [2.45, 2.75) is 37.6 Å². The quantitative estimate of drug-likeness (QED) is 0.638. The van der Waals surface area contributed by atoms with E-state index in [0.717, 1.165) is 21.7 Å². The Morgan fingerprint density at radius 1 is 1.14 bits per heavy atom. The van der Waals surface area contributed by atoms with Gasteiger partial charge in [0, 0.05) is 23.7 Å². The number of thiazole rings is 1. The lowest BCUT2D eigenvalue weighted by Gasteiger charge is -2.21. The molecule has 3 rings (SSSR count). The predicted molar refractivity (Wildman–Crippen MR) is 113 cm³/mol. The van der Waals surface area contributed by atoms with E-state index in [0.29, 0.717) is 5.75 Å². The Labute approximate surface area is 170 Å². The molecule has 0 spiro atoms. The Morgan fingerprint density at radius 3 is 2.57 bits per heavy atom. The molecule has 0 aliphatic rings. The van der Waals surface area contributed by atoms with Gasteiger partial charge in [-0.3, -0.25) is 0 Å². The van der Waals surface area contributed by atoms with Crippen molar-refractivity contribution in [1.29, 1.82) is 0 Å². The number of hydrogen-bond acceptors (Lipinski definition) is 5. The summed E-state index contributed by atoms with van der Waals surface area (Å²) >= 11 is 1.55. The van der Waals surface area contributed by atoms with E-state index in [1.165, 1.54) is 7.11 Å². The Balaban J connectivity index is 1.86. The molecule has 0 radical (unpaired) electrons. The van der Waals surface area contributed by atoms with Crippen molar-refractivity contribution >= 4 is 21.4 Å². The van der Waals surface area contributed by atoms with Crippen LogP contribution in [0.15, 0.2) is 58.9 Å². The molecule has 0 atom stereocenters. The van der Waals surface area contributed by atoms with Crippen molar-refractivity contribution in [2.75, 3.05) is 7.11 Å². The molecule has 1 heterocycles. The molecule has 1 aromatic heterocycles. The summed E-state index contributed by atoms with van der Waals surface area (Å²) in [5.74, 6) is 0.331. The molecule has 28 heavy (non-hydrogen) atoms. The second kappa shape index (κ2) is 8.03. The molecular weight excluding hydrogens is 392 g/mol. The van der Waals surface area contributed by atoms with E-state index >= 15 is 0 Å². The summed E-state index contributed by atoms with van der Waals surface area (Å²) in [5.41, 5.74) is 2.60. The highest BCUT2D eigenvalue weighted by molar-refractivity contribution is 7.89. The van der Waals surface area contributed by atoms with Crippen LogP contribution in [0, 0.1) is 0 Å². The van der Waals surface area contributed by atoms with Crippen molar-refractivity contribution in [3.05, 3.63) is 65.2 Å².